The van der Waals surface area contributed by atoms with Gasteiger partial charge in [0, 0.05) is 23.4 Å². The lowest BCUT2D eigenvalue weighted by Crippen LogP contribution is -2.55. The lowest BCUT2D eigenvalue weighted by molar-refractivity contribution is -0.131. The first-order valence-electron chi connectivity index (χ1n) is 13.6. The van der Waals surface area contributed by atoms with Gasteiger partial charge in [0.25, 0.3) is 5.91 Å². The minimum atomic E-state index is -1.02. The van der Waals surface area contributed by atoms with Gasteiger partial charge in [-0.3, -0.25) is 9.59 Å². The van der Waals surface area contributed by atoms with E-state index in [1.165, 1.54) is 12.5 Å². The lowest BCUT2D eigenvalue weighted by atomic mass is 9.92. The SMILES string of the molecule is O=C(O)/C=C/c1ccc(NC(=O)C2(NC(=O)c3ccc4c(c3)nc(-c3cccs3)n4C3CCC3)CCCC2)cc1. The van der Waals surface area contributed by atoms with Gasteiger partial charge in [0.1, 0.15) is 5.54 Å². The molecule has 2 aromatic carbocycles. The van der Waals surface area contributed by atoms with E-state index in [1.807, 2.05) is 24.3 Å². The number of aliphatic carboxylic acids is 1. The molecule has 2 amide bonds. The second kappa shape index (κ2) is 10.7. The highest BCUT2D eigenvalue weighted by molar-refractivity contribution is 7.13. The highest BCUT2D eigenvalue weighted by Crippen LogP contribution is 2.40. The number of carbonyl (C=O) groups is 3. The van der Waals surface area contributed by atoms with Crippen LogP contribution in [0.25, 0.3) is 27.8 Å². The van der Waals surface area contributed by atoms with E-state index < -0.39 is 11.5 Å². The molecule has 0 atom stereocenters. The maximum Gasteiger partial charge on any atom is 0.328 e. The van der Waals surface area contributed by atoms with Crippen LogP contribution in [-0.4, -0.2) is 38.0 Å². The highest BCUT2D eigenvalue weighted by Gasteiger charge is 2.42. The summed E-state index contributed by atoms with van der Waals surface area (Å²) in [4.78, 5) is 43.8. The van der Waals surface area contributed by atoms with Gasteiger partial charge in [0.05, 0.1) is 15.9 Å². The van der Waals surface area contributed by atoms with Crippen LogP contribution in [-0.2, 0) is 9.59 Å². The Morgan fingerprint density at radius 1 is 1.02 bits per heavy atom. The van der Waals surface area contributed by atoms with Crippen LogP contribution >= 0.6 is 11.3 Å². The molecule has 9 heteroatoms. The van der Waals surface area contributed by atoms with Crippen molar-refractivity contribution >= 4 is 51.9 Å². The van der Waals surface area contributed by atoms with Gasteiger partial charge in [-0.15, -0.1) is 11.3 Å². The maximum atomic E-state index is 13.5. The van der Waals surface area contributed by atoms with E-state index >= 15 is 0 Å². The van der Waals surface area contributed by atoms with Crippen LogP contribution < -0.4 is 10.6 Å². The number of carbonyl (C=O) groups excluding carboxylic acids is 2. The first kappa shape index (κ1) is 26.0. The summed E-state index contributed by atoms with van der Waals surface area (Å²) in [5, 5.41) is 16.9. The van der Waals surface area contributed by atoms with Crippen LogP contribution in [0.2, 0.25) is 0 Å². The largest absolute Gasteiger partial charge is 0.478 e. The van der Waals surface area contributed by atoms with Gasteiger partial charge in [-0.2, -0.15) is 0 Å². The third kappa shape index (κ3) is 5.04. The Balaban J connectivity index is 1.22. The zero-order valence-corrected chi connectivity index (χ0v) is 22.7. The summed E-state index contributed by atoms with van der Waals surface area (Å²) in [5.41, 5.74) is 2.59. The molecule has 204 valence electrons. The van der Waals surface area contributed by atoms with Gasteiger partial charge in [-0.05, 0) is 85.5 Å². The fourth-order valence-electron chi connectivity index (χ4n) is 5.61. The summed E-state index contributed by atoms with van der Waals surface area (Å²) in [6.45, 7) is 0. The molecular weight excluding hydrogens is 524 g/mol. The molecule has 0 saturated heterocycles. The molecule has 8 nitrogen and oxygen atoms in total. The summed E-state index contributed by atoms with van der Waals surface area (Å²) in [7, 11) is 0. The van der Waals surface area contributed by atoms with Crippen molar-refractivity contribution in [1.82, 2.24) is 14.9 Å². The van der Waals surface area contributed by atoms with E-state index in [-0.39, 0.29) is 11.8 Å². The Labute approximate surface area is 235 Å². The van der Waals surface area contributed by atoms with Crippen molar-refractivity contribution in [2.75, 3.05) is 5.32 Å². The first-order valence-corrected chi connectivity index (χ1v) is 14.5. The third-order valence-electron chi connectivity index (χ3n) is 7.96. The van der Waals surface area contributed by atoms with Crippen molar-refractivity contribution in [3.05, 3.63) is 77.2 Å². The molecule has 2 aliphatic carbocycles. The molecule has 2 aliphatic rings. The standard InChI is InChI=1S/C31H30N4O4S/c36-27(37)15-10-20-8-12-22(13-9-20)32-30(39)31(16-1-2-17-31)34-29(38)21-11-14-25-24(19-21)33-28(26-7-4-18-40-26)35(25)23-5-3-6-23/h4,7-15,18-19,23H,1-3,5-6,16-17H2,(H,32,39)(H,34,38)(H,36,37)/b15-10+. The van der Waals surface area contributed by atoms with Crippen molar-refractivity contribution in [2.45, 2.75) is 56.5 Å². The highest BCUT2D eigenvalue weighted by atomic mass is 32.1. The van der Waals surface area contributed by atoms with Crippen molar-refractivity contribution < 1.29 is 19.5 Å². The molecule has 6 rings (SSSR count). The van der Waals surface area contributed by atoms with Crippen molar-refractivity contribution in [1.29, 1.82) is 0 Å². The van der Waals surface area contributed by atoms with Crippen LogP contribution in [0.5, 0.6) is 0 Å². The smallest absolute Gasteiger partial charge is 0.328 e. The molecule has 0 radical (unpaired) electrons. The first-order chi connectivity index (χ1) is 19.4. The average molecular weight is 555 g/mol. The fourth-order valence-corrected chi connectivity index (χ4v) is 6.32. The third-order valence-corrected chi connectivity index (χ3v) is 8.83. The number of aromatic nitrogens is 2. The van der Waals surface area contributed by atoms with Crippen LogP contribution in [0, 0.1) is 0 Å². The number of benzene rings is 2. The van der Waals surface area contributed by atoms with E-state index in [9.17, 15) is 14.4 Å². The molecule has 2 fully saturated rings. The molecule has 4 aromatic rings. The lowest BCUT2D eigenvalue weighted by Gasteiger charge is -2.29. The molecule has 0 aliphatic heterocycles. The molecular formula is C31H30N4O4S. The zero-order valence-electron chi connectivity index (χ0n) is 21.9. The van der Waals surface area contributed by atoms with Gasteiger partial charge in [-0.25, -0.2) is 9.78 Å². The Morgan fingerprint density at radius 3 is 2.45 bits per heavy atom. The summed E-state index contributed by atoms with van der Waals surface area (Å²) < 4.78 is 2.32. The molecule has 3 N–H and O–H groups in total. The van der Waals surface area contributed by atoms with Gasteiger partial charge in [0.15, 0.2) is 5.82 Å². The number of fused-ring (bicyclic) bond motifs is 1. The van der Waals surface area contributed by atoms with E-state index in [2.05, 4.69) is 26.6 Å². The molecule has 0 unspecified atom stereocenters. The van der Waals surface area contributed by atoms with Crippen molar-refractivity contribution in [2.24, 2.45) is 0 Å². The predicted octanol–water partition coefficient (Wildman–Crippen LogP) is 6.27. The number of imidazole rings is 1. The summed E-state index contributed by atoms with van der Waals surface area (Å²) in [6.07, 6.45) is 8.85. The van der Waals surface area contributed by atoms with Crippen molar-refractivity contribution in [3.63, 3.8) is 0 Å². The normalized spacial score (nSPS) is 16.7. The number of carboxylic acids is 1. The number of amides is 2. The van der Waals surface area contributed by atoms with Gasteiger partial charge >= 0.3 is 5.97 Å². The number of hydrogen-bond acceptors (Lipinski definition) is 5. The molecule has 2 aromatic heterocycles. The fraction of sp³-hybridized carbons (Fsp3) is 0.290. The average Bonchev–Trinajstić information content (AvgIpc) is 3.68. The second-order valence-electron chi connectivity index (χ2n) is 10.6. The number of hydrogen-bond donors (Lipinski definition) is 3. The van der Waals surface area contributed by atoms with Crippen molar-refractivity contribution in [3.8, 4) is 10.7 Å². The zero-order chi connectivity index (χ0) is 27.7. The van der Waals surface area contributed by atoms with Crippen LogP contribution in [0.15, 0.2) is 66.1 Å². The molecule has 2 heterocycles. The van der Waals surface area contributed by atoms with Crippen LogP contribution in [0.3, 0.4) is 0 Å². The number of carboxylic acid groups (broad SMARTS) is 1. The number of nitrogens with one attached hydrogen (secondary N) is 2. The van der Waals surface area contributed by atoms with E-state index in [0.29, 0.717) is 35.7 Å². The van der Waals surface area contributed by atoms with Gasteiger partial charge in [0.2, 0.25) is 5.91 Å². The van der Waals surface area contributed by atoms with E-state index in [0.717, 1.165) is 53.5 Å². The van der Waals surface area contributed by atoms with Crippen LogP contribution in [0.1, 0.15) is 66.9 Å². The van der Waals surface area contributed by atoms with Gasteiger partial charge in [-0.1, -0.05) is 31.0 Å². The summed E-state index contributed by atoms with van der Waals surface area (Å²) in [6, 6.07) is 17.1. The molecule has 0 bridgehead atoms. The van der Waals surface area contributed by atoms with E-state index in [1.54, 1.807) is 35.6 Å². The number of thiophene rings is 1. The summed E-state index contributed by atoms with van der Waals surface area (Å²) in [5.74, 6) is -0.611. The van der Waals surface area contributed by atoms with E-state index in [4.69, 9.17) is 10.1 Å². The number of anilines is 1. The molecule has 0 spiro atoms. The topological polar surface area (TPSA) is 113 Å². The molecule has 40 heavy (non-hydrogen) atoms. The second-order valence-corrected chi connectivity index (χ2v) is 11.5. The monoisotopic (exact) mass is 554 g/mol. The quantitative estimate of drug-likeness (QED) is 0.222. The maximum absolute atomic E-state index is 13.5. The Bertz CT molecular complexity index is 1590. The van der Waals surface area contributed by atoms with Gasteiger partial charge < -0.3 is 20.3 Å². The Kier molecular flexibility index (Phi) is 6.98. The minimum absolute atomic E-state index is 0.248. The minimum Gasteiger partial charge on any atom is -0.478 e. The Morgan fingerprint density at radius 2 is 1.80 bits per heavy atom. The van der Waals surface area contributed by atoms with Crippen LogP contribution in [0.4, 0.5) is 5.69 Å². The predicted molar refractivity (Wildman–Crippen MR) is 156 cm³/mol. The number of rotatable bonds is 8. The Hall–Kier alpha value is -4.24. The molecule has 2 saturated carbocycles. The number of nitrogens with zero attached hydrogens (tertiary/aromatic N) is 2. The summed E-state index contributed by atoms with van der Waals surface area (Å²) >= 11 is 1.66.